The third-order valence-electron chi connectivity index (χ3n) is 1.74. The van der Waals surface area contributed by atoms with Crippen LogP contribution in [0.5, 0.6) is 0 Å². The molecule has 0 atom stereocenters. The number of carbonyl (C=O) groups is 1. The first-order chi connectivity index (χ1) is 6.15. The summed E-state index contributed by atoms with van der Waals surface area (Å²) in [6, 6.07) is 5.18. The van der Waals surface area contributed by atoms with E-state index in [-0.39, 0.29) is 5.78 Å². The molecule has 0 heterocycles. The second kappa shape index (κ2) is 4.11. The van der Waals surface area contributed by atoms with E-state index in [1.807, 2.05) is 0 Å². The SMILES string of the molecule is C#CCc1ccc(Cl)cc1C(C)=O. The smallest absolute Gasteiger partial charge is 0.160 e. The van der Waals surface area contributed by atoms with Crippen molar-refractivity contribution in [1.29, 1.82) is 0 Å². The summed E-state index contributed by atoms with van der Waals surface area (Å²) < 4.78 is 0. The van der Waals surface area contributed by atoms with Crippen molar-refractivity contribution in [2.75, 3.05) is 0 Å². The molecule has 0 spiro atoms. The number of halogens is 1. The maximum atomic E-state index is 11.2. The van der Waals surface area contributed by atoms with Crippen molar-refractivity contribution in [2.24, 2.45) is 0 Å². The molecule has 0 aliphatic rings. The monoisotopic (exact) mass is 192 g/mol. The summed E-state index contributed by atoms with van der Waals surface area (Å²) in [7, 11) is 0. The normalized spacial score (nSPS) is 9.31. The summed E-state index contributed by atoms with van der Waals surface area (Å²) in [4.78, 5) is 11.2. The van der Waals surface area contributed by atoms with Crippen molar-refractivity contribution in [3.63, 3.8) is 0 Å². The number of hydrogen-bond donors (Lipinski definition) is 0. The zero-order chi connectivity index (χ0) is 9.84. The van der Waals surface area contributed by atoms with E-state index in [2.05, 4.69) is 5.92 Å². The Morgan fingerprint density at radius 3 is 2.85 bits per heavy atom. The van der Waals surface area contributed by atoms with Crippen LogP contribution in [0.4, 0.5) is 0 Å². The van der Waals surface area contributed by atoms with Crippen molar-refractivity contribution < 1.29 is 4.79 Å². The lowest BCUT2D eigenvalue weighted by molar-refractivity contribution is 0.101. The Balaban J connectivity index is 3.20. The van der Waals surface area contributed by atoms with Crippen LogP contribution < -0.4 is 0 Å². The van der Waals surface area contributed by atoms with Gasteiger partial charge in [0.05, 0.1) is 0 Å². The number of benzene rings is 1. The number of rotatable bonds is 2. The first kappa shape index (κ1) is 9.83. The molecule has 13 heavy (non-hydrogen) atoms. The Morgan fingerprint density at radius 1 is 1.62 bits per heavy atom. The molecule has 1 rings (SSSR count). The fourth-order valence-electron chi connectivity index (χ4n) is 1.14. The lowest BCUT2D eigenvalue weighted by Gasteiger charge is -2.03. The summed E-state index contributed by atoms with van der Waals surface area (Å²) in [5, 5.41) is 0.561. The number of Topliss-reactive ketones (excluding diaryl/α,β-unsaturated/α-hetero) is 1. The highest BCUT2D eigenvalue weighted by atomic mass is 35.5. The average molecular weight is 193 g/mol. The van der Waals surface area contributed by atoms with Gasteiger partial charge in [-0.3, -0.25) is 4.79 Å². The van der Waals surface area contributed by atoms with Crippen molar-refractivity contribution >= 4 is 17.4 Å². The molecule has 0 aliphatic heterocycles. The summed E-state index contributed by atoms with van der Waals surface area (Å²) in [5.74, 6) is 2.50. The van der Waals surface area contributed by atoms with Gasteiger partial charge >= 0.3 is 0 Å². The zero-order valence-corrected chi connectivity index (χ0v) is 8.06. The molecule has 0 unspecified atom stereocenters. The molecule has 0 fully saturated rings. The average Bonchev–Trinajstić information content (AvgIpc) is 2.08. The van der Waals surface area contributed by atoms with Crippen LogP contribution in [0.3, 0.4) is 0 Å². The van der Waals surface area contributed by atoms with E-state index in [9.17, 15) is 4.79 Å². The second-order valence-electron chi connectivity index (χ2n) is 2.74. The summed E-state index contributed by atoms with van der Waals surface area (Å²) in [6.07, 6.45) is 5.64. The Bertz CT molecular complexity index is 374. The van der Waals surface area contributed by atoms with E-state index in [0.29, 0.717) is 17.0 Å². The van der Waals surface area contributed by atoms with Crippen LogP contribution >= 0.6 is 11.6 Å². The van der Waals surface area contributed by atoms with Gasteiger partial charge in [-0.25, -0.2) is 0 Å². The number of carbonyl (C=O) groups excluding carboxylic acids is 1. The molecule has 66 valence electrons. The van der Waals surface area contributed by atoms with Crippen LogP contribution in [0.15, 0.2) is 18.2 Å². The molecule has 1 aromatic carbocycles. The van der Waals surface area contributed by atoms with Crippen LogP contribution in [-0.2, 0) is 6.42 Å². The quantitative estimate of drug-likeness (QED) is 0.520. The molecular weight excluding hydrogens is 184 g/mol. The van der Waals surface area contributed by atoms with Gasteiger partial charge in [0.1, 0.15) is 0 Å². The maximum Gasteiger partial charge on any atom is 0.160 e. The second-order valence-corrected chi connectivity index (χ2v) is 3.17. The van der Waals surface area contributed by atoms with Gasteiger partial charge in [-0.2, -0.15) is 0 Å². The molecule has 0 aromatic heterocycles. The topological polar surface area (TPSA) is 17.1 Å². The van der Waals surface area contributed by atoms with E-state index in [0.717, 1.165) is 5.56 Å². The van der Waals surface area contributed by atoms with Crippen LogP contribution in [0.25, 0.3) is 0 Å². The third kappa shape index (κ3) is 2.34. The Hall–Kier alpha value is -1.26. The summed E-state index contributed by atoms with van der Waals surface area (Å²) in [6.45, 7) is 1.51. The highest BCUT2D eigenvalue weighted by Crippen LogP contribution is 2.16. The van der Waals surface area contributed by atoms with Gasteiger partial charge in [-0.1, -0.05) is 17.7 Å². The molecule has 0 amide bonds. The van der Waals surface area contributed by atoms with Gasteiger partial charge in [-0.15, -0.1) is 12.3 Å². The van der Waals surface area contributed by atoms with Gasteiger partial charge in [0.2, 0.25) is 0 Å². The molecule has 0 saturated carbocycles. The highest BCUT2D eigenvalue weighted by molar-refractivity contribution is 6.31. The minimum absolute atomic E-state index is 0.00671. The van der Waals surface area contributed by atoms with E-state index < -0.39 is 0 Å². The largest absolute Gasteiger partial charge is 0.294 e. The van der Waals surface area contributed by atoms with Crippen molar-refractivity contribution in [3.8, 4) is 12.3 Å². The number of hydrogen-bond acceptors (Lipinski definition) is 1. The zero-order valence-electron chi connectivity index (χ0n) is 7.30. The molecule has 2 heteroatoms. The van der Waals surface area contributed by atoms with E-state index in [1.165, 1.54) is 6.92 Å². The van der Waals surface area contributed by atoms with Gasteiger partial charge in [-0.05, 0) is 24.6 Å². The molecule has 1 nitrogen and oxygen atoms in total. The predicted octanol–water partition coefficient (Wildman–Crippen LogP) is 2.72. The van der Waals surface area contributed by atoms with Crippen LogP contribution in [-0.4, -0.2) is 5.78 Å². The molecule has 0 saturated heterocycles. The van der Waals surface area contributed by atoms with Crippen LogP contribution in [0.1, 0.15) is 22.8 Å². The van der Waals surface area contributed by atoms with Crippen molar-refractivity contribution in [2.45, 2.75) is 13.3 Å². The van der Waals surface area contributed by atoms with Gasteiger partial charge in [0.25, 0.3) is 0 Å². The number of ketones is 1. The van der Waals surface area contributed by atoms with E-state index >= 15 is 0 Å². The van der Waals surface area contributed by atoms with Gasteiger partial charge < -0.3 is 0 Å². The fourth-order valence-corrected chi connectivity index (χ4v) is 1.31. The molecule has 1 aromatic rings. The molecule has 0 radical (unpaired) electrons. The highest BCUT2D eigenvalue weighted by Gasteiger charge is 2.06. The van der Waals surface area contributed by atoms with Crippen molar-refractivity contribution in [3.05, 3.63) is 34.3 Å². The Morgan fingerprint density at radius 2 is 2.31 bits per heavy atom. The van der Waals surface area contributed by atoms with Crippen molar-refractivity contribution in [1.82, 2.24) is 0 Å². The minimum Gasteiger partial charge on any atom is -0.294 e. The lowest BCUT2D eigenvalue weighted by atomic mass is 10.0. The van der Waals surface area contributed by atoms with Crippen LogP contribution in [0.2, 0.25) is 5.02 Å². The molecule has 0 bridgehead atoms. The molecule has 0 N–H and O–H groups in total. The maximum absolute atomic E-state index is 11.2. The van der Waals surface area contributed by atoms with Gasteiger partial charge in [0.15, 0.2) is 5.78 Å². The molecular formula is C11H9ClO. The Kier molecular flexibility index (Phi) is 3.11. The standard InChI is InChI=1S/C11H9ClO/c1-3-4-9-5-6-10(12)7-11(9)8(2)13/h1,5-7H,4H2,2H3. The van der Waals surface area contributed by atoms with E-state index in [4.69, 9.17) is 18.0 Å². The van der Waals surface area contributed by atoms with Gasteiger partial charge in [0, 0.05) is 17.0 Å². The molecule has 0 aliphatic carbocycles. The first-order valence-electron chi connectivity index (χ1n) is 3.88. The predicted molar refractivity (Wildman–Crippen MR) is 54.0 cm³/mol. The first-order valence-corrected chi connectivity index (χ1v) is 4.25. The summed E-state index contributed by atoms with van der Waals surface area (Å²) in [5.41, 5.74) is 1.48. The van der Waals surface area contributed by atoms with Crippen LogP contribution in [0, 0.1) is 12.3 Å². The van der Waals surface area contributed by atoms with E-state index in [1.54, 1.807) is 18.2 Å². The minimum atomic E-state index is -0.00671. The third-order valence-corrected chi connectivity index (χ3v) is 1.98. The Labute approximate surface area is 82.7 Å². The summed E-state index contributed by atoms with van der Waals surface area (Å²) >= 11 is 5.76. The fraction of sp³-hybridized carbons (Fsp3) is 0.182. The number of terminal acetylenes is 1. The lowest BCUT2D eigenvalue weighted by Crippen LogP contribution is -1.98.